The summed E-state index contributed by atoms with van der Waals surface area (Å²) in [7, 11) is 3.44. The number of rotatable bonds is 4. The highest BCUT2D eigenvalue weighted by Crippen LogP contribution is 2.02. The first-order valence-electron chi connectivity index (χ1n) is 3.13. The summed E-state index contributed by atoms with van der Waals surface area (Å²) in [6.45, 7) is 1.79. The summed E-state index contributed by atoms with van der Waals surface area (Å²) in [5, 5.41) is 14.2. The summed E-state index contributed by atoms with van der Waals surface area (Å²) in [4.78, 5) is 10.3. The van der Waals surface area contributed by atoms with E-state index in [0.717, 1.165) is 0 Å². The Morgan fingerprint density at radius 2 is 1.90 bits per heavy atom. The molecule has 0 rings (SSSR count). The fourth-order valence-corrected chi connectivity index (χ4v) is 0.604. The molecule has 10 heavy (non-hydrogen) atoms. The number of nitrogens with one attached hydrogen (secondary N) is 2. The van der Waals surface area contributed by atoms with Crippen molar-refractivity contribution < 1.29 is 9.90 Å². The van der Waals surface area contributed by atoms with Crippen molar-refractivity contribution in [2.45, 2.75) is 19.0 Å². The van der Waals surface area contributed by atoms with Gasteiger partial charge < -0.3 is 15.7 Å². The van der Waals surface area contributed by atoms with Gasteiger partial charge >= 0.3 is 5.97 Å². The van der Waals surface area contributed by atoms with Crippen molar-refractivity contribution >= 4 is 5.97 Å². The quantitative estimate of drug-likeness (QED) is 0.473. The molecule has 0 unspecified atom stereocenters. The van der Waals surface area contributed by atoms with Crippen LogP contribution in [0.3, 0.4) is 0 Å². The van der Waals surface area contributed by atoms with Gasteiger partial charge in [0.05, 0.1) is 12.1 Å². The average molecular weight is 146 g/mol. The van der Waals surface area contributed by atoms with E-state index >= 15 is 0 Å². The molecular weight excluding hydrogens is 132 g/mol. The highest BCUT2D eigenvalue weighted by molar-refractivity contribution is 5.68. The highest BCUT2D eigenvalue weighted by atomic mass is 16.4. The summed E-state index contributed by atoms with van der Waals surface area (Å²) in [5.41, 5.74) is -0.494. The molecule has 0 fully saturated rings. The molecular formula is C6H14N2O2. The molecule has 0 atom stereocenters. The first-order valence-corrected chi connectivity index (χ1v) is 3.13. The van der Waals surface area contributed by atoms with Crippen LogP contribution in [0.1, 0.15) is 13.3 Å². The summed E-state index contributed by atoms with van der Waals surface area (Å²) in [6.07, 6.45) is 0.0694. The lowest BCUT2D eigenvalue weighted by Crippen LogP contribution is -2.52. The van der Waals surface area contributed by atoms with Crippen LogP contribution in [0.5, 0.6) is 0 Å². The third-order valence-electron chi connectivity index (χ3n) is 1.61. The summed E-state index contributed by atoms with van der Waals surface area (Å²) < 4.78 is 0. The molecule has 0 aromatic heterocycles. The van der Waals surface area contributed by atoms with Crippen LogP contribution in [-0.4, -0.2) is 30.8 Å². The second kappa shape index (κ2) is 3.53. The Hall–Kier alpha value is -0.610. The molecule has 0 heterocycles. The second-order valence-electron chi connectivity index (χ2n) is 2.40. The fraction of sp³-hybridized carbons (Fsp3) is 0.833. The Morgan fingerprint density at radius 1 is 1.50 bits per heavy atom. The third-order valence-corrected chi connectivity index (χ3v) is 1.61. The lowest BCUT2D eigenvalue weighted by molar-refractivity contribution is -0.138. The SMILES string of the molecule is CNC(C)(CC(=O)O)NC. The first-order chi connectivity index (χ1) is 4.54. The average Bonchev–Trinajstić information content (AvgIpc) is 1.87. The normalized spacial score (nSPS) is 11.5. The molecule has 0 saturated heterocycles. The van der Waals surface area contributed by atoms with E-state index in [4.69, 9.17) is 5.11 Å². The van der Waals surface area contributed by atoms with Crippen LogP contribution in [0.4, 0.5) is 0 Å². The maximum atomic E-state index is 10.3. The van der Waals surface area contributed by atoms with Gasteiger partial charge in [0.25, 0.3) is 0 Å². The molecule has 0 saturated carbocycles. The highest BCUT2D eigenvalue weighted by Gasteiger charge is 2.22. The number of carbonyl (C=O) groups is 1. The van der Waals surface area contributed by atoms with Gasteiger partial charge in [0.2, 0.25) is 0 Å². The van der Waals surface area contributed by atoms with Gasteiger partial charge in [-0.25, -0.2) is 0 Å². The van der Waals surface area contributed by atoms with Crippen LogP contribution in [0.2, 0.25) is 0 Å². The molecule has 4 heteroatoms. The van der Waals surface area contributed by atoms with E-state index in [1.54, 1.807) is 21.0 Å². The smallest absolute Gasteiger partial charge is 0.306 e. The molecule has 0 aliphatic carbocycles. The van der Waals surface area contributed by atoms with E-state index < -0.39 is 11.6 Å². The Labute approximate surface area is 60.6 Å². The number of carboxylic acid groups (broad SMARTS) is 1. The van der Waals surface area contributed by atoms with Gasteiger partial charge in [0.1, 0.15) is 0 Å². The van der Waals surface area contributed by atoms with Crippen molar-refractivity contribution in [2.75, 3.05) is 14.1 Å². The van der Waals surface area contributed by atoms with Gasteiger partial charge in [0.15, 0.2) is 0 Å². The van der Waals surface area contributed by atoms with Gasteiger partial charge in [0, 0.05) is 0 Å². The van der Waals surface area contributed by atoms with Gasteiger partial charge in [-0.2, -0.15) is 0 Å². The summed E-state index contributed by atoms with van der Waals surface area (Å²) >= 11 is 0. The Bertz CT molecular complexity index is 121. The molecule has 0 bridgehead atoms. The molecule has 4 nitrogen and oxygen atoms in total. The lowest BCUT2D eigenvalue weighted by Gasteiger charge is -2.26. The molecule has 60 valence electrons. The number of carboxylic acids is 1. The van der Waals surface area contributed by atoms with E-state index in [1.165, 1.54) is 0 Å². The molecule has 0 spiro atoms. The molecule has 0 aromatic rings. The Balaban J connectivity index is 3.92. The Kier molecular flexibility index (Phi) is 3.32. The maximum absolute atomic E-state index is 10.3. The first kappa shape index (κ1) is 9.39. The molecule has 0 amide bonds. The number of hydrogen-bond acceptors (Lipinski definition) is 3. The van der Waals surface area contributed by atoms with Crippen molar-refractivity contribution in [3.63, 3.8) is 0 Å². The fourth-order valence-electron chi connectivity index (χ4n) is 0.604. The predicted molar refractivity (Wildman–Crippen MR) is 38.8 cm³/mol. The molecule has 0 aliphatic rings. The van der Waals surface area contributed by atoms with Crippen LogP contribution in [0, 0.1) is 0 Å². The maximum Gasteiger partial charge on any atom is 0.306 e. The second-order valence-corrected chi connectivity index (χ2v) is 2.40. The number of aliphatic carboxylic acids is 1. The van der Waals surface area contributed by atoms with E-state index in [9.17, 15) is 4.79 Å². The van der Waals surface area contributed by atoms with Crippen LogP contribution in [-0.2, 0) is 4.79 Å². The van der Waals surface area contributed by atoms with E-state index in [-0.39, 0.29) is 6.42 Å². The topological polar surface area (TPSA) is 61.4 Å². The van der Waals surface area contributed by atoms with Crippen LogP contribution in [0.25, 0.3) is 0 Å². The standard InChI is InChI=1S/C6H14N2O2/c1-6(7-2,8-3)4-5(9)10/h7-8H,4H2,1-3H3,(H,9,10). The van der Waals surface area contributed by atoms with E-state index in [1.807, 2.05) is 0 Å². The Morgan fingerprint density at radius 3 is 2.00 bits per heavy atom. The van der Waals surface area contributed by atoms with Gasteiger partial charge in [-0.05, 0) is 21.0 Å². The van der Waals surface area contributed by atoms with Crippen molar-refractivity contribution in [2.24, 2.45) is 0 Å². The van der Waals surface area contributed by atoms with E-state index in [0.29, 0.717) is 0 Å². The van der Waals surface area contributed by atoms with Gasteiger partial charge in [-0.1, -0.05) is 0 Å². The zero-order valence-corrected chi connectivity index (χ0v) is 6.56. The van der Waals surface area contributed by atoms with Gasteiger partial charge in [-0.3, -0.25) is 4.79 Å². The van der Waals surface area contributed by atoms with Crippen molar-refractivity contribution in [1.29, 1.82) is 0 Å². The number of hydrogen-bond donors (Lipinski definition) is 3. The summed E-state index contributed by atoms with van der Waals surface area (Å²) in [5.74, 6) is -0.814. The van der Waals surface area contributed by atoms with Crippen LogP contribution < -0.4 is 10.6 Å². The zero-order valence-electron chi connectivity index (χ0n) is 6.56. The molecule has 0 radical (unpaired) electrons. The minimum atomic E-state index is -0.814. The minimum absolute atomic E-state index is 0.0694. The van der Waals surface area contributed by atoms with Crippen LogP contribution >= 0.6 is 0 Å². The molecule has 0 aliphatic heterocycles. The third kappa shape index (κ3) is 2.80. The van der Waals surface area contributed by atoms with Crippen molar-refractivity contribution in [1.82, 2.24) is 10.6 Å². The van der Waals surface area contributed by atoms with Crippen molar-refractivity contribution in [3.8, 4) is 0 Å². The largest absolute Gasteiger partial charge is 0.481 e. The monoisotopic (exact) mass is 146 g/mol. The minimum Gasteiger partial charge on any atom is -0.481 e. The van der Waals surface area contributed by atoms with E-state index in [2.05, 4.69) is 10.6 Å². The predicted octanol–water partition coefficient (Wildman–Crippen LogP) is -0.384. The molecule has 3 N–H and O–H groups in total. The van der Waals surface area contributed by atoms with Crippen LogP contribution in [0.15, 0.2) is 0 Å². The lowest BCUT2D eigenvalue weighted by atomic mass is 10.1. The zero-order chi connectivity index (χ0) is 8.20. The molecule has 0 aromatic carbocycles. The van der Waals surface area contributed by atoms with Gasteiger partial charge in [-0.15, -0.1) is 0 Å². The van der Waals surface area contributed by atoms with Crippen molar-refractivity contribution in [3.05, 3.63) is 0 Å². The summed E-state index contributed by atoms with van der Waals surface area (Å²) in [6, 6.07) is 0.